The Balaban J connectivity index is 1.42. The molecule has 0 spiro atoms. The van der Waals surface area contributed by atoms with Crippen LogP contribution >= 0.6 is 31.9 Å². The Kier molecular flexibility index (Phi) is 6.86. The lowest BCUT2D eigenvalue weighted by Gasteiger charge is -2.29. The molecule has 2 aromatic carbocycles. The summed E-state index contributed by atoms with van der Waals surface area (Å²) in [6.45, 7) is 3.37. The van der Waals surface area contributed by atoms with Crippen LogP contribution in [0.15, 0.2) is 42.5 Å². The molecule has 2 fully saturated rings. The molecule has 6 nitrogen and oxygen atoms in total. The first-order valence-electron chi connectivity index (χ1n) is 10.7. The highest BCUT2D eigenvalue weighted by Gasteiger charge is 2.52. The number of fused-ring (bicyclic) bond motifs is 1. The van der Waals surface area contributed by atoms with Gasteiger partial charge < -0.3 is 4.74 Å². The van der Waals surface area contributed by atoms with Crippen LogP contribution in [0, 0.1) is 25.7 Å². The van der Waals surface area contributed by atoms with Crippen molar-refractivity contribution < 1.29 is 23.9 Å². The third-order valence-electron chi connectivity index (χ3n) is 6.30. The summed E-state index contributed by atoms with van der Waals surface area (Å²) in [6.07, 6.45) is 1.20. The van der Waals surface area contributed by atoms with Gasteiger partial charge in [-0.05, 0) is 62.6 Å². The number of ether oxygens (including phenoxy) is 1. The van der Waals surface area contributed by atoms with Crippen LogP contribution in [0.3, 0.4) is 0 Å². The normalized spacial score (nSPS) is 24.5. The highest BCUT2D eigenvalue weighted by molar-refractivity contribution is 9.12. The number of aryl methyl sites for hydroxylation is 2. The van der Waals surface area contributed by atoms with Crippen molar-refractivity contribution in [2.75, 3.05) is 11.5 Å². The molecule has 0 unspecified atom stereocenters. The molecule has 8 heteroatoms. The number of rotatable bonds is 5. The summed E-state index contributed by atoms with van der Waals surface area (Å²) < 4.78 is 5.20. The maximum absolute atomic E-state index is 12.9. The number of carbonyl (C=O) groups is 4. The summed E-state index contributed by atoms with van der Waals surface area (Å²) in [5, 5.41) is 0. The lowest BCUT2D eigenvalue weighted by molar-refractivity contribution is -0.122. The second kappa shape index (κ2) is 9.50. The second-order valence-corrected chi connectivity index (χ2v) is 10.9. The van der Waals surface area contributed by atoms with Gasteiger partial charge in [0.25, 0.3) is 0 Å². The van der Waals surface area contributed by atoms with E-state index in [1.54, 1.807) is 18.2 Å². The van der Waals surface area contributed by atoms with Crippen molar-refractivity contribution in [2.24, 2.45) is 11.8 Å². The number of nitrogens with zero attached hydrogens (tertiary/aromatic N) is 1. The van der Waals surface area contributed by atoms with E-state index in [0.717, 1.165) is 11.1 Å². The van der Waals surface area contributed by atoms with Crippen LogP contribution in [0.2, 0.25) is 0 Å². The maximum atomic E-state index is 12.9. The van der Waals surface area contributed by atoms with E-state index in [1.807, 2.05) is 26.0 Å². The largest absolute Gasteiger partial charge is 0.454 e. The number of Topliss-reactive ketones (excluding diaryl/α,β-unsaturated/α-hetero) is 1. The molecule has 2 amide bonds. The molecule has 2 aliphatic rings. The first-order chi connectivity index (χ1) is 15.7. The Labute approximate surface area is 208 Å². The van der Waals surface area contributed by atoms with E-state index in [4.69, 9.17) is 4.74 Å². The number of carbonyl (C=O) groups excluding carboxylic acids is 4. The lowest BCUT2D eigenvalue weighted by Crippen LogP contribution is -2.34. The van der Waals surface area contributed by atoms with Gasteiger partial charge in [-0.25, -0.2) is 4.79 Å². The zero-order valence-electron chi connectivity index (χ0n) is 18.2. The number of alkyl halides is 2. The minimum Gasteiger partial charge on any atom is -0.454 e. The Morgan fingerprint density at radius 3 is 2.09 bits per heavy atom. The summed E-state index contributed by atoms with van der Waals surface area (Å²) >= 11 is 7.16. The topological polar surface area (TPSA) is 80.8 Å². The number of ketones is 1. The van der Waals surface area contributed by atoms with Crippen LogP contribution in [0.1, 0.15) is 44.7 Å². The number of hydrogen-bond donors (Lipinski definition) is 0. The first-order valence-corrected chi connectivity index (χ1v) is 12.5. The predicted molar refractivity (Wildman–Crippen MR) is 131 cm³/mol. The first kappa shape index (κ1) is 23.8. The fourth-order valence-electron chi connectivity index (χ4n) is 4.42. The van der Waals surface area contributed by atoms with Gasteiger partial charge in [-0.2, -0.15) is 0 Å². The number of imide groups is 1. The van der Waals surface area contributed by atoms with Crippen molar-refractivity contribution in [3.05, 3.63) is 64.7 Å². The molecule has 1 aliphatic carbocycles. The van der Waals surface area contributed by atoms with Gasteiger partial charge in [0.2, 0.25) is 17.6 Å². The van der Waals surface area contributed by atoms with Gasteiger partial charge in [-0.3, -0.25) is 19.3 Å². The quantitative estimate of drug-likeness (QED) is 0.222. The van der Waals surface area contributed by atoms with Crippen molar-refractivity contribution in [3.8, 4) is 0 Å². The minimum atomic E-state index is -0.641. The molecule has 4 atom stereocenters. The van der Waals surface area contributed by atoms with Crippen LogP contribution in [0.25, 0.3) is 0 Å². The van der Waals surface area contributed by atoms with Gasteiger partial charge in [-0.15, -0.1) is 0 Å². The molecular formula is C25H23Br2NO5. The van der Waals surface area contributed by atoms with Gasteiger partial charge >= 0.3 is 5.97 Å². The summed E-state index contributed by atoms with van der Waals surface area (Å²) in [5.41, 5.74) is 2.98. The molecule has 1 saturated carbocycles. The monoisotopic (exact) mass is 575 g/mol. The lowest BCUT2D eigenvalue weighted by atomic mass is 9.81. The van der Waals surface area contributed by atoms with Crippen molar-refractivity contribution in [1.82, 2.24) is 0 Å². The molecule has 0 bridgehead atoms. The molecule has 0 aromatic heterocycles. The third-order valence-corrected chi connectivity index (χ3v) is 9.03. The molecule has 172 valence electrons. The second-order valence-electron chi connectivity index (χ2n) is 8.59. The molecule has 4 rings (SSSR count). The van der Waals surface area contributed by atoms with E-state index < -0.39 is 5.97 Å². The van der Waals surface area contributed by atoms with Gasteiger partial charge in [0.15, 0.2) is 6.61 Å². The SMILES string of the molecule is Cc1ccc(C)c(C(=O)COC(=O)c2ccc(N3C(=O)[C@H]4C[C@@H](Br)[C@H](Br)C[C@@H]4C3=O)cc2)c1. The van der Waals surface area contributed by atoms with E-state index in [0.29, 0.717) is 24.1 Å². The van der Waals surface area contributed by atoms with E-state index in [2.05, 4.69) is 31.9 Å². The van der Waals surface area contributed by atoms with Gasteiger partial charge in [0, 0.05) is 15.2 Å². The fraction of sp³-hybridized carbons (Fsp3) is 0.360. The van der Waals surface area contributed by atoms with E-state index in [-0.39, 0.29) is 51.3 Å². The molecule has 0 radical (unpaired) electrons. The number of hydrogen-bond acceptors (Lipinski definition) is 5. The number of esters is 1. The Morgan fingerprint density at radius 2 is 1.52 bits per heavy atom. The highest BCUT2D eigenvalue weighted by atomic mass is 79.9. The number of halogens is 2. The maximum Gasteiger partial charge on any atom is 0.338 e. The van der Waals surface area contributed by atoms with Gasteiger partial charge in [-0.1, -0.05) is 49.6 Å². The average Bonchev–Trinajstić information content (AvgIpc) is 3.03. The Bertz CT molecular complexity index is 1100. The van der Waals surface area contributed by atoms with E-state index in [9.17, 15) is 19.2 Å². The standard InChI is InChI=1S/C25H23Br2NO5/c1-13-3-4-14(2)17(9-13)22(29)12-33-25(32)15-5-7-16(8-6-15)28-23(30)18-10-20(26)21(27)11-19(18)24(28)31/h3-9,18-21H,10-12H2,1-2H3/t18-,19-,20+,21+/m0/s1. The Morgan fingerprint density at radius 1 is 0.939 bits per heavy atom. The summed E-state index contributed by atoms with van der Waals surface area (Å²) in [7, 11) is 0. The molecular weight excluding hydrogens is 554 g/mol. The summed E-state index contributed by atoms with van der Waals surface area (Å²) in [6, 6.07) is 11.7. The van der Waals surface area contributed by atoms with Crippen molar-refractivity contribution >= 4 is 61.1 Å². The number of amides is 2. The van der Waals surface area contributed by atoms with Gasteiger partial charge in [0.1, 0.15) is 0 Å². The van der Waals surface area contributed by atoms with Crippen LogP contribution in [-0.2, 0) is 14.3 Å². The third kappa shape index (κ3) is 4.68. The molecule has 2 aromatic rings. The van der Waals surface area contributed by atoms with Crippen molar-refractivity contribution in [2.45, 2.75) is 36.3 Å². The summed E-state index contributed by atoms with van der Waals surface area (Å²) in [5.74, 6) is -2.00. The minimum absolute atomic E-state index is 0.138. The van der Waals surface area contributed by atoms with Crippen LogP contribution in [-0.4, -0.2) is 39.8 Å². The highest BCUT2D eigenvalue weighted by Crippen LogP contribution is 2.44. The average molecular weight is 577 g/mol. The predicted octanol–water partition coefficient (Wildman–Crippen LogP) is 4.77. The fourth-order valence-corrected chi connectivity index (χ4v) is 5.66. The van der Waals surface area contributed by atoms with Crippen LogP contribution in [0.4, 0.5) is 5.69 Å². The number of benzene rings is 2. The zero-order valence-corrected chi connectivity index (χ0v) is 21.4. The smallest absolute Gasteiger partial charge is 0.338 e. The van der Waals surface area contributed by atoms with E-state index in [1.165, 1.54) is 17.0 Å². The van der Waals surface area contributed by atoms with Crippen LogP contribution in [0.5, 0.6) is 0 Å². The molecule has 1 aliphatic heterocycles. The Hall–Kier alpha value is -2.32. The molecule has 1 saturated heterocycles. The summed E-state index contributed by atoms with van der Waals surface area (Å²) in [4.78, 5) is 52.2. The van der Waals surface area contributed by atoms with Crippen molar-refractivity contribution in [1.29, 1.82) is 0 Å². The zero-order chi connectivity index (χ0) is 23.9. The molecule has 0 N–H and O–H groups in total. The van der Waals surface area contributed by atoms with Crippen LogP contribution < -0.4 is 4.90 Å². The van der Waals surface area contributed by atoms with Crippen molar-refractivity contribution in [3.63, 3.8) is 0 Å². The molecule has 1 heterocycles. The number of anilines is 1. The van der Waals surface area contributed by atoms with Gasteiger partial charge in [0.05, 0.1) is 23.1 Å². The van der Waals surface area contributed by atoms with E-state index >= 15 is 0 Å². The molecule has 33 heavy (non-hydrogen) atoms.